The molecule has 2 atom stereocenters. The quantitative estimate of drug-likeness (QED) is 0.365. The van der Waals surface area contributed by atoms with Crippen molar-refractivity contribution in [3.8, 4) is 0 Å². The molecule has 1 saturated heterocycles. The molecule has 1 aromatic rings. The van der Waals surface area contributed by atoms with Gasteiger partial charge in [-0.1, -0.05) is 23.8 Å². The van der Waals surface area contributed by atoms with Crippen molar-refractivity contribution in [2.24, 2.45) is 11.8 Å². The average Bonchev–Trinajstić information content (AvgIpc) is 2.96. The molecule has 3 rings (SSSR count). The summed E-state index contributed by atoms with van der Waals surface area (Å²) in [5.74, 6) is -2.78. The van der Waals surface area contributed by atoms with E-state index in [-0.39, 0.29) is 52.2 Å². The Morgan fingerprint density at radius 1 is 1.16 bits per heavy atom. The summed E-state index contributed by atoms with van der Waals surface area (Å²) in [6.07, 6.45) is 5.56. The van der Waals surface area contributed by atoms with Gasteiger partial charge in [-0.15, -0.1) is 0 Å². The van der Waals surface area contributed by atoms with E-state index in [1.54, 1.807) is 0 Å². The smallest absolute Gasteiger partial charge is 0.308 e. The highest BCUT2D eigenvalue weighted by molar-refractivity contribution is 7.90. The molecule has 1 aliphatic carbocycles. The van der Waals surface area contributed by atoms with Gasteiger partial charge in [-0.2, -0.15) is 0 Å². The van der Waals surface area contributed by atoms with Crippen LogP contribution in [0.2, 0.25) is 5.02 Å². The fraction of sp³-hybridized carbons (Fsp3) is 0.400. The minimum Gasteiger partial charge on any atom is -0.456 e. The van der Waals surface area contributed by atoms with Gasteiger partial charge in [0, 0.05) is 12.8 Å². The molecular formula is C20H21ClN2O7S. The van der Waals surface area contributed by atoms with Crippen molar-refractivity contribution in [3.63, 3.8) is 0 Å². The van der Waals surface area contributed by atoms with Gasteiger partial charge in [0.15, 0.2) is 16.4 Å². The molecule has 1 heterocycles. The number of fused-ring (bicyclic) bond motifs is 1. The first-order valence-corrected chi connectivity index (χ1v) is 11.8. The van der Waals surface area contributed by atoms with E-state index in [0.29, 0.717) is 12.8 Å². The molecule has 9 nitrogen and oxygen atoms in total. The van der Waals surface area contributed by atoms with E-state index in [9.17, 15) is 27.6 Å². The van der Waals surface area contributed by atoms with Gasteiger partial charge >= 0.3 is 5.97 Å². The summed E-state index contributed by atoms with van der Waals surface area (Å²) in [5, 5.41) is 2.50. The summed E-state index contributed by atoms with van der Waals surface area (Å²) in [4.78, 5) is 49.8. The van der Waals surface area contributed by atoms with E-state index >= 15 is 0 Å². The zero-order valence-electron chi connectivity index (χ0n) is 16.7. The Labute approximate surface area is 184 Å². The number of nitrogens with zero attached hydrogens (tertiary/aromatic N) is 1. The highest BCUT2D eigenvalue weighted by atomic mass is 35.5. The van der Waals surface area contributed by atoms with Gasteiger partial charge < -0.3 is 10.1 Å². The van der Waals surface area contributed by atoms with Gasteiger partial charge in [0.1, 0.15) is 0 Å². The van der Waals surface area contributed by atoms with Crippen LogP contribution in [0.3, 0.4) is 0 Å². The van der Waals surface area contributed by atoms with Crippen molar-refractivity contribution >= 4 is 50.8 Å². The van der Waals surface area contributed by atoms with E-state index in [0.717, 1.165) is 11.2 Å². The lowest BCUT2D eigenvalue weighted by Crippen LogP contribution is -2.33. The number of benzene rings is 1. The second-order valence-electron chi connectivity index (χ2n) is 7.36. The van der Waals surface area contributed by atoms with Gasteiger partial charge in [0.05, 0.1) is 33.9 Å². The predicted octanol–water partition coefficient (Wildman–Crippen LogP) is 1.57. The molecule has 31 heavy (non-hydrogen) atoms. The number of imide groups is 1. The Kier molecular flexibility index (Phi) is 6.80. The number of amides is 3. The number of ether oxygens (including phenoxy) is 1. The number of hydrogen-bond donors (Lipinski definition) is 1. The van der Waals surface area contributed by atoms with Gasteiger partial charge in [0.25, 0.3) is 5.91 Å². The first-order valence-electron chi connectivity index (χ1n) is 9.53. The molecular weight excluding hydrogens is 448 g/mol. The fourth-order valence-corrected chi connectivity index (χ4v) is 4.34. The number of halogens is 1. The number of likely N-dealkylation sites (tertiary alicyclic amines) is 1. The van der Waals surface area contributed by atoms with Gasteiger partial charge in [0.2, 0.25) is 11.8 Å². The summed E-state index contributed by atoms with van der Waals surface area (Å²) in [7, 11) is -3.50. The minimum absolute atomic E-state index is 0.0279. The molecule has 0 aromatic heterocycles. The highest BCUT2D eigenvalue weighted by Gasteiger charge is 2.46. The summed E-state index contributed by atoms with van der Waals surface area (Å²) in [5.41, 5.74) is 0.0649. The Hall–Kier alpha value is -2.72. The third-order valence-electron chi connectivity index (χ3n) is 5.14. The monoisotopic (exact) mass is 468 g/mol. The number of allylic oxidation sites excluding steroid dienone is 2. The fourth-order valence-electron chi connectivity index (χ4n) is 3.53. The Balaban J connectivity index is 1.49. The predicted molar refractivity (Wildman–Crippen MR) is 111 cm³/mol. The van der Waals surface area contributed by atoms with Crippen LogP contribution in [0.5, 0.6) is 0 Å². The van der Waals surface area contributed by atoms with E-state index in [2.05, 4.69) is 5.32 Å². The molecule has 1 aliphatic heterocycles. The minimum atomic E-state index is -3.50. The number of nitrogens with one attached hydrogen (secondary N) is 1. The van der Waals surface area contributed by atoms with Gasteiger partial charge in [-0.05, 0) is 31.0 Å². The van der Waals surface area contributed by atoms with Crippen LogP contribution in [0.4, 0.5) is 5.69 Å². The van der Waals surface area contributed by atoms with Crippen LogP contribution in [0, 0.1) is 11.8 Å². The number of hydrogen-bond acceptors (Lipinski definition) is 7. The zero-order chi connectivity index (χ0) is 22.8. The maximum Gasteiger partial charge on any atom is 0.308 e. The molecule has 0 spiro atoms. The third-order valence-corrected chi connectivity index (χ3v) is 6.58. The molecule has 0 unspecified atom stereocenters. The lowest BCUT2D eigenvalue weighted by atomic mass is 9.85. The average molecular weight is 469 g/mol. The largest absolute Gasteiger partial charge is 0.456 e. The van der Waals surface area contributed by atoms with Crippen molar-refractivity contribution in [1.29, 1.82) is 0 Å². The number of carbonyl (C=O) groups excluding carboxylic acids is 4. The molecule has 2 aliphatic rings. The van der Waals surface area contributed by atoms with E-state index in [1.807, 2.05) is 12.2 Å². The lowest BCUT2D eigenvalue weighted by Gasteiger charge is -2.14. The molecule has 166 valence electrons. The maximum absolute atomic E-state index is 12.4. The van der Waals surface area contributed by atoms with Crippen LogP contribution in [-0.4, -0.2) is 56.4 Å². The van der Waals surface area contributed by atoms with Crippen molar-refractivity contribution < 1.29 is 32.3 Å². The van der Waals surface area contributed by atoms with Crippen molar-refractivity contribution in [3.05, 3.63) is 35.4 Å². The van der Waals surface area contributed by atoms with E-state index < -0.39 is 28.3 Å². The van der Waals surface area contributed by atoms with Crippen molar-refractivity contribution in [1.82, 2.24) is 4.90 Å². The highest BCUT2D eigenvalue weighted by Crippen LogP contribution is 2.35. The van der Waals surface area contributed by atoms with E-state index in [4.69, 9.17) is 16.3 Å². The molecule has 0 saturated carbocycles. The third kappa shape index (κ3) is 5.31. The number of carbonyl (C=O) groups is 4. The van der Waals surface area contributed by atoms with Gasteiger partial charge in [-0.25, -0.2) is 8.42 Å². The number of sulfone groups is 1. The molecule has 11 heteroatoms. The number of rotatable bonds is 7. The summed E-state index contributed by atoms with van der Waals surface area (Å²) >= 11 is 5.96. The second kappa shape index (κ2) is 9.19. The first kappa shape index (κ1) is 23.0. The van der Waals surface area contributed by atoms with Gasteiger partial charge in [-0.3, -0.25) is 24.1 Å². The molecule has 1 fully saturated rings. The van der Waals surface area contributed by atoms with Crippen LogP contribution in [0.15, 0.2) is 35.2 Å². The maximum atomic E-state index is 12.4. The second-order valence-corrected chi connectivity index (χ2v) is 9.78. The lowest BCUT2D eigenvalue weighted by molar-refractivity contribution is -0.148. The molecule has 3 amide bonds. The van der Waals surface area contributed by atoms with Crippen molar-refractivity contribution in [2.45, 2.75) is 24.2 Å². The van der Waals surface area contributed by atoms with Crippen LogP contribution in [-0.2, 0) is 33.8 Å². The van der Waals surface area contributed by atoms with E-state index in [1.165, 1.54) is 18.2 Å². The Morgan fingerprint density at radius 2 is 1.77 bits per heavy atom. The van der Waals surface area contributed by atoms with Crippen LogP contribution >= 0.6 is 11.6 Å². The SMILES string of the molecule is CS(=O)(=O)c1ccc(Cl)c(NC(=O)COC(=O)CCN2C(=O)[C@@H]3CC=CC[C@H]3C2=O)c1. The van der Waals surface area contributed by atoms with Crippen LogP contribution in [0.1, 0.15) is 19.3 Å². The normalized spacial score (nSPS) is 20.5. The van der Waals surface area contributed by atoms with Crippen molar-refractivity contribution in [2.75, 3.05) is 24.7 Å². The Bertz CT molecular complexity index is 1040. The van der Waals surface area contributed by atoms with Crippen LogP contribution < -0.4 is 5.32 Å². The number of anilines is 1. The molecule has 1 N–H and O–H groups in total. The zero-order valence-corrected chi connectivity index (χ0v) is 18.2. The molecule has 1 aromatic carbocycles. The summed E-state index contributed by atoms with van der Waals surface area (Å²) in [6.45, 7) is -0.733. The standard InChI is InChI=1S/C20H21ClN2O7S/c1-31(28,29)12-6-7-15(21)16(10-12)22-17(24)11-30-18(25)8-9-23-19(26)13-4-2-3-5-14(13)20(23)27/h2-3,6-7,10,13-14H,4-5,8-9,11H2,1H3,(H,22,24)/t13-,14-/m1/s1. The summed E-state index contributed by atoms with van der Waals surface area (Å²) < 4.78 is 28.1. The number of esters is 1. The summed E-state index contributed by atoms with van der Waals surface area (Å²) in [6, 6.07) is 3.84. The topological polar surface area (TPSA) is 127 Å². The Morgan fingerprint density at radius 3 is 2.35 bits per heavy atom. The van der Waals surface area contributed by atoms with Crippen LogP contribution in [0.25, 0.3) is 0 Å². The molecule has 0 radical (unpaired) electrons. The molecule has 0 bridgehead atoms. The first-order chi connectivity index (χ1) is 14.6.